The number of hydrogen-bond acceptors (Lipinski definition) is 4. The molecule has 1 N–H and O–H groups in total. The first kappa shape index (κ1) is 17.1. The van der Waals surface area contributed by atoms with Crippen LogP contribution in [0.4, 0.5) is 4.39 Å². The van der Waals surface area contributed by atoms with Gasteiger partial charge >= 0.3 is 0 Å². The lowest BCUT2D eigenvalue weighted by Gasteiger charge is -2.04. The molecule has 0 saturated carbocycles. The zero-order chi connectivity index (χ0) is 17.6. The highest BCUT2D eigenvalue weighted by atomic mass is 35.5. The standard InChI is InChI=1S/C18H15ClFN3O2/c19-14-5-3-13(4-6-14)18-22-17(25-23-18)10-9-16(24)21-11-12-1-7-15(20)8-2-12/h1-8H,9-11H2,(H,21,24). The Labute approximate surface area is 148 Å². The molecule has 2 aromatic carbocycles. The lowest BCUT2D eigenvalue weighted by molar-refractivity contribution is -0.121. The number of nitrogens with one attached hydrogen (secondary N) is 1. The van der Waals surface area contributed by atoms with Crippen LogP contribution in [0.1, 0.15) is 17.9 Å². The number of benzene rings is 2. The summed E-state index contributed by atoms with van der Waals surface area (Å²) in [5.41, 5.74) is 1.62. The summed E-state index contributed by atoms with van der Waals surface area (Å²) in [6, 6.07) is 13.1. The molecule has 0 saturated heterocycles. The number of nitrogens with zero attached hydrogens (tertiary/aromatic N) is 2. The van der Waals surface area contributed by atoms with Gasteiger partial charge in [-0.05, 0) is 42.0 Å². The summed E-state index contributed by atoms with van der Waals surface area (Å²) in [7, 11) is 0. The molecule has 0 aliphatic heterocycles. The maximum atomic E-state index is 12.8. The fourth-order valence-electron chi connectivity index (χ4n) is 2.18. The van der Waals surface area contributed by atoms with Gasteiger partial charge in [-0.25, -0.2) is 4.39 Å². The number of hydrogen-bond donors (Lipinski definition) is 1. The van der Waals surface area contributed by atoms with E-state index in [1.807, 2.05) is 0 Å². The SMILES string of the molecule is O=C(CCc1nc(-c2ccc(Cl)cc2)no1)NCc1ccc(F)cc1. The lowest BCUT2D eigenvalue weighted by Crippen LogP contribution is -2.23. The van der Waals surface area contributed by atoms with Crippen LogP contribution < -0.4 is 5.32 Å². The van der Waals surface area contributed by atoms with Gasteiger partial charge in [0.05, 0.1) is 0 Å². The first-order chi connectivity index (χ1) is 12.1. The van der Waals surface area contributed by atoms with Crippen LogP contribution in [0, 0.1) is 5.82 Å². The summed E-state index contributed by atoms with van der Waals surface area (Å²) >= 11 is 5.84. The van der Waals surface area contributed by atoms with Crippen molar-refractivity contribution < 1.29 is 13.7 Å². The minimum absolute atomic E-state index is 0.143. The van der Waals surface area contributed by atoms with E-state index in [4.69, 9.17) is 16.1 Å². The molecule has 128 valence electrons. The number of halogens is 2. The largest absolute Gasteiger partial charge is 0.352 e. The normalized spacial score (nSPS) is 10.6. The molecule has 0 radical (unpaired) electrons. The van der Waals surface area contributed by atoms with Crippen LogP contribution in [-0.4, -0.2) is 16.0 Å². The van der Waals surface area contributed by atoms with Gasteiger partial charge in [0.1, 0.15) is 5.82 Å². The molecule has 5 nitrogen and oxygen atoms in total. The summed E-state index contributed by atoms with van der Waals surface area (Å²) in [6.07, 6.45) is 0.569. The Kier molecular flexibility index (Phi) is 5.40. The molecule has 1 aromatic heterocycles. The minimum Gasteiger partial charge on any atom is -0.352 e. The highest BCUT2D eigenvalue weighted by molar-refractivity contribution is 6.30. The van der Waals surface area contributed by atoms with Crippen LogP contribution in [0.2, 0.25) is 5.02 Å². The number of aryl methyl sites for hydroxylation is 1. The average Bonchev–Trinajstić information content (AvgIpc) is 3.09. The summed E-state index contributed by atoms with van der Waals surface area (Å²) in [6.45, 7) is 0.346. The van der Waals surface area contributed by atoms with Gasteiger partial charge in [-0.3, -0.25) is 4.79 Å². The molecule has 0 bridgehead atoms. The van der Waals surface area contributed by atoms with Crippen molar-refractivity contribution in [2.75, 3.05) is 0 Å². The van der Waals surface area contributed by atoms with E-state index in [0.29, 0.717) is 29.7 Å². The molecule has 1 amide bonds. The molecule has 7 heteroatoms. The van der Waals surface area contributed by atoms with Crippen molar-refractivity contribution in [1.29, 1.82) is 0 Å². The summed E-state index contributed by atoms with van der Waals surface area (Å²) in [4.78, 5) is 16.1. The zero-order valence-corrected chi connectivity index (χ0v) is 14.0. The Bertz CT molecular complexity index is 848. The van der Waals surface area contributed by atoms with Crippen molar-refractivity contribution in [3.63, 3.8) is 0 Å². The summed E-state index contributed by atoms with van der Waals surface area (Å²) < 4.78 is 18.0. The van der Waals surface area contributed by atoms with E-state index in [0.717, 1.165) is 11.1 Å². The second-order valence-electron chi connectivity index (χ2n) is 5.42. The van der Waals surface area contributed by atoms with Crippen LogP contribution in [-0.2, 0) is 17.8 Å². The van der Waals surface area contributed by atoms with Crippen LogP contribution in [0.15, 0.2) is 53.1 Å². The van der Waals surface area contributed by atoms with Gasteiger partial charge in [-0.1, -0.05) is 28.9 Å². The van der Waals surface area contributed by atoms with E-state index in [1.165, 1.54) is 12.1 Å². The quantitative estimate of drug-likeness (QED) is 0.727. The Morgan fingerprint density at radius 2 is 1.84 bits per heavy atom. The first-order valence-corrected chi connectivity index (χ1v) is 8.07. The molecule has 0 spiro atoms. The second kappa shape index (κ2) is 7.90. The minimum atomic E-state index is -0.303. The van der Waals surface area contributed by atoms with Crippen LogP contribution >= 0.6 is 11.6 Å². The van der Waals surface area contributed by atoms with Crippen LogP contribution in [0.3, 0.4) is 0 Å². The van der Waals surface area contributed by atoms with Crippen LogP contribution in [0.25, 0.3) is 11.4 Å². The molecule has 0 unspecified atom stereocenters. The van der Waals surface area contributed by atoms with E-state index >= 15 is 0 Å². The monoisotopic (exact) mass is 359 g/mol. The van der Waals surface area contributed by atoms with Crippen molar-refractivity contribution in [2.24, 2.45) is 0 Å². The van der Waals surface area contributed by atoms with E-state index in [1.54, 1.807) is 36.4 Å². The lowest BCUT2D eigenvalue weighted by atomic mass is 10.2. The third-order valence-corrected chi connectivity index (χ3v) is 3.79. The molecule has 0 aliphatic carbocycles. The van der Waals surface area contributed by atoms with Gasteiger partial charge in [-0.2, -0.15) is 4.98 Å². The predicted molar refractivity (Wildman–Crippen MR) is 91.3 cm³/mol. The van der Waals surface area contributed by atoms with E-state index in [2.05, 4.69) is 15.5 Å². The molecule has 3 rings (SSSR count). The van der Waals surface area contributed by atoms with E-state index in [-0.39, 0.29) is 18.1 Å². The van der Waals surface area contributed by atoms with Crippen LogP contribution in [0.5, 0.6) is 0 Å². The third kappa shape index (κ3) is 4.87. The number of amides is 1. The molecule has 0 fully saturated rings. The van der Waals surface area contributed by atoms with Gasteiger partial charge in [0, 0.05) is 30.0 Å². The maximum Gasteiger partial charge on any atom is 0.227 e. The fraction of sp³-hybridized carbons (Fsp3) is 0.167. The van der Waals surface area contributed by atoms with Crippen molar-refractivity contribution in [3.8, 4) is 11.4 Å². The highest BCUT2D eigenvalue weighted by Gasteiger charge is 2.10. The van der Waals surface area contributed by atoms with Gasteiger partial charge in [0.25, 0.3) is 0 Å². The molecule has 3 aromatic rings. The van der Waals surface area contributed by atoms with Crippen molar-refractivity contribution in [1.82, 2.24) is 15.5 Å². The highest BCUT2D eigenvalue weighted by Crippen LogP contribution is 2.19. The Hall–Kier alpha value is -2.73. The molecule has 0 atom stereocenters. The second-order valence-corrected chi connectivity index (χ2v) is 5.86. The first-order valence-electron chi connectivity index (χ1n) is 7.70. The van der Waals surface area contributed by atoms with Crippen molar-refractivity contribution in [3.05, 3.63) is 70.8 Å². The Morgan fingerprint density at radius 3 is 2.56 bits per heavy atom. The van der Waals surface area contributed by atoms with Gasteiger partial charge < -0.3 is 9.84 Å². The smallest absolute Gasteiger partial charge is 0.227 e. The Morgan fingerprint density at radius 1 is 1.12 bits per heavy atom. The molecule has 1 heterocycles. The summed E-state index contributed by atoms with van der Waals surface area (Å²) in [5, 5.41) is 7.30. The molecular formula is C18H15ClFN3O2. The third-order valence-electron chi connectivity index (χ3n) is 3.54. The zero-order valence-electron chi connectivity index (χ0n) is 13.2. The average molecular weight is 360 g/mol. The van der Waals surface area contributed by atoms with Gasteiger partial charge in [0.15, 0.2) is 0 Å². The topological polar surface area (TPSA) is 68.0 Å². The predicted octanol–water partition coefficient (Wildman–Crippen LogP) is 3.78. The number of aromatic nitrogens is 2. The van der Waals surface area contributed by atoms with E-state index < -0.39 is 0 Å². The number of carbonyl (C=O) groups is 1. The van der Waals surface area contributed by atoms with Crippen molar-refractivity contribution >= 4 is 17.5 Å². The summed E-state index contributed by atoms with van der Waals surface area (Å²) in [5.74, 6) is 0.402. The van der Waals surface area contributed by atoms with Crippen molar-refractivity contribution in [2.45, 2.75) is 19.4 Å². The number of carbonyl (C=O) groups excluding carboxylic acids is 1. The molecule has 0 aliphatic rings. The van der Waals surface area contributed by atoms with Gasteiger partial charge in [-0.15, -0.1) is 0 Å². The molecule has 25 heavy (non-hydrogen) atoms. The van der Waals surface area contributed by atoms with Gasteiger partial charge in [0.2, 0.25) is 17.6 Å². The molecular weight excluding hydrogens is 345 g/mol. The number of rotatable bonds is 6. The maximum absolute atomic E-state index is 12.8. The van der Waals surface area contributed by atoms with E-state index in [9.17, 15) is 9.18 Å². The fourth-order valence-corrected chi connectivity index (χ4v) is 2.31. The Balaban J connectivity index is 1.49.